The van der Waals surface area contributed by atoms with Crippen LogP contribution in [0.15, 0.2) is 66.0 Å². The van der Waals surface area contributed by atoms with Crippen LogP contribution in [0.25, 0.3) is 0 Å². The van der Waals surface area contributed by atoms with Gasteiger partial charge in [-0.1, -0.05) is 35.3 Å². The Morgan fingerprint density at radius 1 is 1.12 bits per heavy atom. The number of halogens is 5. The van der Waals surface area contributed by atoms with Crippen LogP contribution in [0.1, 0.15) is 18.0 Å². The first-order chi connectivity index (χ1) is 15.7. The number of ether oxygens (including phenoxy) is 1. The summed E-state index contributed by atoms with van der Waals surface area (Å²) in [6, 6.07) is 11.1. The molecule has 1 atom stereocenters. The lowest BCUT2D eigenvalue weighted by Crippen LogP contribution is -2.39. The number of hydrazone groups is 1. The van der Waals surface area contributed by atoms with Gasteiger partial charge in [0.25, 0.3) is 0 Å². The fraction of sp³-hybridized carbons (Fsp3) is 0.190. The van der Waals surface area contributed by atoms with Gasteiger partial charge in [0.1, 0.15) is 5.75 Å². The first kappa shape index (κ1) is 22.9. The maximum Gasteiger partial charge on any atom is 0.573 e. The highest BCUT2D eigenvalue weighted by Gasteiger charge is 2.31. The third-order valence-corrected chi connectivity index (χ3v) is 5.17. The molecule has 0 radical (unpaired) electrons. The van der Waals surface area contributed by atoms with Crippen molar-refractivity contribution < 1.29 is 22.7 Å². The minimum absolute atomic E-state index is 0.271. The van der Waals surface area contributed by atoms with Crippen molar-refractivity contribution in [3.63, 3.8) is 0 Å². The summed E-state index contributed by atoms with van der Waals surface area (Å²) in [6.45, 7) is 0.271. The summed E-state index contributed by atoms with van der Waals surface area (Å²) in [7, 11) is 0. The summed E-state index contributed by atoms with van der Waals surface area (Å²) < 4.78 is 42.5. The molecule has 172 valence electrons. The number of amides is 2. The molecule has 1 aromatic heterocycles. The Bertz CT molecular complexity index is 1180. The zero-order valence-electron chi connectivity index (χ0n) is 16.8. The molecule has 1 aliphatic rings. The molecule has 4 rings (SSSR count). The van der Waals surface area contributed by atoms with E-state index in [1.807, 2.05) is 6.07 Å². The third kappa shape index (κ3) is 5.77. The van der Waals surface area contributed by atoms with Crippen LogP contribution in [0.5, 0.6) is 5.75 Å². The second-order valence-electron chi connectivity index (χ2n) is 7.06. The molecular weight excluding hydrogens is 482 g/mol. The average Bonchev–Trinajstić information content (AvgIpc) is 3.20. The summed E-state index contributed by atoms with van der Waals surface area (Å²) in [5.41, 5.74) is 1.56. The molecule has 0 aliphatic carbocycles. The number of hydrogen-bond donors (Lipinski definition) is 1. The van der Waals surface area contributed by atoms with Gasteiger partial charge in [0, 0.05) is 29.0 Å². The summed E-state index contributed by atoms with van der Waals surface area (Å²) in [5, 5.41) is 13.6. The van der Waals surface area contributed by atoms with E-state index in [0.29, 0.717) is 27.7 Å². The summed E-state index contributed by atoms with van der Waals surface area (Å²) in [4.78, 5) is 12.8. The van der Waals surface area contributed by atoms with Gasteiger partial charge < -0.3 is 10.1 Å². The quantitative estimate of drug-likeness (QED) is 0.482. The number of urea groups is 1. The molecule has 33 heavy (non-hydrogen) atoms. The molecule has 12 heteroatoms. The van der Waals surface area contributed by atoms with Gasteiger partial charge in [0.2, 0.25) is 0 Å². The van der Waals surface area contributed by atoms with Crippen LogP contribution < -0.4 is 10.1 Å². The molecule has 0 spiro atoms. The molecule has 0 fully saturated rings. The average molecular weight is 498 g/mol. The van der Waals surface area contributed by atoms with E-state index in [9.17, 15) is 18.0 Å². The molecule has 2 amide bonds. The lowest BCUT2D eigenvalue weighted by molar-refractivity contribution is -0.274. The zero-order valence-corrected chi connectivity index (χ0v) is 18.3. The highest BCUT2D eigenvalue weighted by Crippen LogP contribution is 2.28. The first-order valence-electron chi connectivity index (χ1n) is 9.66. The number of aromatic nitrogens is 2. The van der Waals surface area contributed by atoms with Crippen molar-refractivity contribution in [2.45, 2.75) is 18.8 Å². The molecule has 1 unspecified atom stereocenters. The molecule has 2 aromatic carbocycles. The molecular formula is C21H16Cl2F3N5O2. The van der Waals surface area contributed by atoms with E-state index in [1.165, 1.54) is 23.3 Å². The van der Waals surface area contributed by atoms with Crippen molar-refractivity contribution in [1.29, 1.82) is 0 Å². The standard InChI is InChI=1S/C21H16Cl2F3N5O2/c22-14-3-1-2-13(10-14)19-18(31-12-15(23)11-27-31)8-9-30(29-19)20(32)28-16-4-6-17(7-5-16)33-21(24,25)26/h1-7,10-12,18H,8-9H2,(H,28,32). The maximum absolute atomic E-state index is 12.8. The second-order valence-corrected chi connectivity index (χ2v) is 7.94. The number of carbonyl (C=O) groups excluding carboxylic acids is 1. The first-order valence-corrected chi connectivity index (χ1v) is 10.4. The Morgan fingerprint density at radius 3 is 2.52 bits per heavy atom. The van der Waals surface area contributed by atoms with Crippen molar-refractivity contribution in [2.24, 2.45) is 5.10 Å². The lowest BCUT2D eigenvalue weighted by Gasteiger charge is -2.30. The van der Waals surface area contributed by atoms with Crippen LogP contribution in [0, 0.1) is 0 Å². The van der Waals surface area contributed by atoms with Gasteiger partial charge in [-0.3, -0.25) is 4.68 Å². The number of nitrogens with zero attached hydrogens (tertiary/aromatic N) is 4. The van der Waals surface area contributed by atoms with Gasteiger partial charge in [0.05, 0.1) is 23.0 Å². The number of carbonyl (C=O) groups is 1. The van der Waals surface area contributed by atoms with Crippen molar-refractivity contribution >= 4 is 40.6 Å². The molecule has 1 N–H and O–H groups in total. The molecule has 0 bridgehead atoms. The number of anilines is 1. The van der Waals surface area contributed by atoms with Crippen molar-refractivity contribution in [2.75, 3.05) is 11.9 Å². The summed E-state index contributed by atoms with van der Waals surface area (Å²) in [5.74, 6) is -0.388. The number of nitrogens with one attached hydrogen (secondary N) is 1. The highest BCUT2D eigenvalue weighted by molar-refractivity contribution is 6.31. The van der Waals surface area contributed by atoms with Crippen LogP contribution in [0.4, 0.5) is 23.7 Å². The van der Waals surface area contributed by atoms with Gasteiger partial charge in [-0.05, 0) is 42.8 Å². The third-order valence-electron chi connectivity index (χ3n) is 4.74. The Hall–Kier alpha value is -3.24. The van der Waals surface area contributed by atoms with E-state index < -0.39 is 12.4 Å². The van der Waals surface area contributed by atoms with Crippen LogP contribution in [-0.4, -0.2) is 39.4 Å². The predicted molar refractivity (Wildman–Crippen MR) is 118 cm³/mol. The Morgan fingerprint density at radius 2 is 1.88 bits per heavy atom. The van der Waals surface area contributed by atoms with Gasteiger partial charge in [-0.25, -0.2) is 9.80 Å². The smallest absolute Gasteiger partial charge is 0.406 e. The van der Waals surface area contributed by atoms with Crippen LogP contribution in [-0.2, 0) is 0 Å². The molecule has 0 saturated heterocycles. The lowest BCUT2D eigenvalue weighted by atomic mass is 9.99. The Kier molecular flexibility index (Phi) is 6.48. The second kappa shape index (κ2) is 9.32. The minimum Gasteiger partial charge on any atom is -0.406 e. The SMILES string of the molecule is O=C(Nc1ccc(OC(F)(F)F)cc1)N1CCC(n2cc(Cl)cn2)C(c2cccc(Cl)c2)=N1. The van der Waals surface area contributed by atoms with E-state index in [1.54, 1.807) is 29.1 Å². The number of rotatable bonds is 4. The van der Waals surface area contributed by atoms with E-state index in [4.69, 9.17) is 23.2 Å². The predicted octanol–water partition coefficient (Wildman–Crippen LogP) is 5.97. The number of hydrogen-bond acceptors (Lipinski definition) is 4. The van der Waals surface area contributed by atoms with E-state index in [2.05, 4.69) is 20.3 Å². The Balaban J connectivity index is 1.56. The molecule has 1 aliphatic heterocycles. The largest absolute Gasteiger partial charge is 0.573 e. The highest BCUT2D eigenvalue weighted by atomic mass is 35.5. The Labute approximate surface area is 196 Å². The monoisotopic (exact) mass is 497 g/mol. The molecule has 7 nitrogen and oxygen atoms in total. The van der Waals surface area contributed by atoms with Gasteiger partial charge in [-0.2, -0.15) is 10.2 Å². The van der Waals surface area contributed by atoms with Gasteiger partial charge in [-0.15, -0.1) is 13.2 Å². The summed E-state index contributed by atoms with van der Waals surface area (Å²) in [6.07, 6.45) is -1.11. The van der Waals surface area contributed by atoms with Crippen LogP contribution >= 0.6 is 23.2 Å². The van der Waals surface area contributed by atoms with E-state index >= 15 is 0 Å². The van der Waals surface area contributed by atoms with Gasteiger partial charge in [0.15, 0.2) is 0 Å². The molecule has 3 aromatic rings. The van der Waals surface area contributed by atoms with Crippen molar-refractivity contribution in [3.8, 4) is 5.75 Å². The van der Waals surface area contributed by atoms with Crippen molar-refractivity contribution in [1.82, 2.24) is 14.8 Å². The van der Waals surface area contributed by atoms with Crippen LogP contribution in [0.2, 0.25) is 10.0 Å². The minimum atomic E-state index is -4.79. The van der Waals surface area contributed by atoms with E-state index in [-0.39, 0.29) is 24.0 Å². The topological polar surface area (TPSA) is 71.8 Å². The number of alkyl halides is 3. The fourth-order valence-electron chi connectivity index (χ4n) is 3.34. The molecule has 0 saturated carbocycles. The number of benzene rings is 2. The normalized spacial score (nSPS) is 16.3. The van der Waals surface area contributed by atoms with Crippen molar-refractivity contribution in [3.05, 3.63) is 76.5 Å². The maximum atomic E-state index is 12.8. The zero-order chi connectivity index (χ0) is 23.6. The van der Waals surface area contributed by atoms with Gasteiger partial charge >= 0.3 is 12.4 Å². The van der Waals surface area contributed by atoms with E-state index in [0.717, 1.165) is 12.1 Å². The fourth-order valence-corrected chi connectivity index (χ4v) is 3.68. The molecule has 2 heterocycles. The van der Waals surface area contributed by atoms with Crippen LogP contribution in [0.3, 0.4) is 0 Å². The summed E-state index contributed by atoms with van der Waals surface area (Å²) >= 11 is 12.2.